The van der Waals surface area contributed by atoms with Crippen molar-refractivity contribution in [1.82, 2.24) is 5.32 Å². The Morgan fingerprint density at radius 3 is 2.70 bits per heavy atom. The van der Waals surface area contributed by atoms with Crippen molar-refractivity contribution in [2.75, 3.05) is 30.9 Å². The number of benzene rings is 1. The molecule has 1 rings (SSSR count). The van der Waals surface area contributed by atoms with Crippen molar-refractivity contribution in [3.05, 3.63) is 33.9 Å². The number of rotatable bonds is 7. The molecule has 0 aliphatic rings. The van der Waals surface area contributed by atoms with E-state index in [1.165, 1.54) is 18.2 Å². The number of carbonyl (C=O) groups excluding carboxylic acids is 1. The number of amides is 1. The van der Waals surface area contributed by atoms with Crippen LogP contribution in [0.15, 0.2) is 18.2 Å². The van der Waals surface area contributed by atoms with E-state index in [0.717, 1.165) is 0 Å². The number of carbonyl (C=O) groups is 1. The number of nitrogens with zero attached hydrogens (tertiary/aromatic N) is 1. The Morgan fingerprint density at radius 2 is 2.15 bits per heavy atom. The first kappa shape index (κ1) is 16.1. The highest BCUT2D eigenvalue weighted by Crippen LogP contribution is 2.22. The molecule has 0 heterocycles. The molecule has 0 aliphatic heterocycles. The third-order valence-corrected chi connectivity index (χ3v) is 3.48. The first-order valence-electron chi connectivity index (χ1n) is 6.00. The van der Waals surface area contributed by atoms with Gasteiger partial charge in [0, 0.05) is 48.2 Å². The predicted molar refractivity (Wildman–Crippen MR) is 78.5 cm³/mol. The van der Waals surface area contributed by atoms with Gasteiger partial charge < -0.3 is 10.6 Å². The van der Waals surface area contributed by atoms with Crippen LogP contribution in [0.25, 0.3) is 0 Å². The third kappa shape index (κ3) is 4.61. The molecule has 0 aliphatic carbocycles. The molecule has 1 aromatic rings. The van der Waals surface area contributed by atoms with Gasteiger partial charge in [0.2, 0.25) is 0 Å². The van der Waals surface area contributed by atoms with Gasteiger partial charge in [-0.25, -0.2) is 0 Å². The molecule has 1 aromatic carbocycles. The maximum absolute atomic E-state index is 12.0. The second-order valence-corrected chi connectivity index (χ2v) is 5.68. The van der Waals surface area contributed by atoms with Crippen LogP contribution in [0, 0.1) is 10.1 Å². The standard InChI is InChI=1S/C12H17N3O4S/c1-13-9-4-5-11(15(17)18)10(8-9)12(16)14-6-3-7-20(2)19/h4-5,8,13H,3,6-7H2,1-2H3,(H,14,16). The summed E-state index contributed by atoms with van der Waals surface area (Å²) in [6.45, 7) is 0.333. The van der Waals surface area contributed by atoms with Crippen LogP contribution in [0.5, 0.6) is 0 Å². The number of hydrogen-bond acceptors (Lipinski definition) is 5. The van der Waals surface area contributed by atoms with Gasteiger partial charge in [-0.15, -0.1) is 0 Å². The van der Waals surface area contributed by atoms with E-state index < -0.39 is 21.6 Å². The van der Waals surface area contributed by atoms with Gasteiger partial charge in [-0.3, -0.25) is 19.1 Å². The zero-order valence-corrected chi connectivity index (χ0v) is 12.2. The van der Waals surface area contributed by atoms with E-state index in [2.05, 4.69) is 10.6 Å². The zero-order valence-electron chi connectivity index (χ0n) is 11.3. The molecule has 0 spiro atoms. The van der Waals surface area contributed by atoms with E-state index in [9.17, 15) is 19.1 Å². The van der Waals surface area contributed by atoms with Crippen molar-refractivity contribution < 1.29 is 13.9 Å². The number of hydrogen-bond donors (Lipinski definition) is 2. The molecule has 20 heavy (non-hydrogen) atoms. The molecule has 1 atom stereocenters. The van der Waals surface area contributed by atoms with Gasteiger partial charge in [-0.2, -0.15) is 0 Å². The van der Waals surface area contributed by atoms with Crippen LogP contribution in [0.2, 0.25) is 0 Å². The van der Waals surface area contributed by atoms with Gasteiger partial charge in [0.05, 0.1) is 4.92 Å². The summed E-state index contributed by atoms with van der Waals surface area (Å²) in [5, 5.41) is 16.3. The van der Waals surface area contributed by atoms with E-state index in [4.69, 9.17) is 0 Å². The van der Waals surface area contributed by atoms with Crippen LogP contribution < -0.4 is 10.6 Å². The number of nitro groups is 1. The maximum Gasteiger partial charge on any atom is 0.282 e. The van der Waals surface area contributed by atoms with E-state index in [0.29, 0.717) is 24.4 Å². The highest BCUT2D eigenvalue weighted by atomic mass is 32.2. The second kappa shape index (κ2) is 7.59. The lowest BCUT2D eigenvalue weighted by molar-refractivity contribution is -0.385. The van der Waals surface area contributed by atoms with Gasteiger partial charge in [0.15, 0.2) is 0 Å². The molecule has 0 saturated carbocycles. The van der Waals surface area contributed by atoms with Gasteiger partial charge in [-0.1, -0.05) is 0 Å². The van der Waals surface area contributed by atoms with Crippen molar-refractivity contribution in [2.24, 2.45) is 0 Å². The maximum atomic E-state index is 12.0. The Kier molecular flexibility index (Phi) is 6.10. The normalized spacial score (nSPS) is 11.7. The van der Waals surface area contributed by atoms with Crippen LogP contribution in [0.3, 0.4) is 0 Å². The molecular formula is C12H17N3O4S. The highest BCUT2D eigenvalue weighted by Gasteiger charge is 2.20. The molecule has 8 heteroatoms. The highest BCUT2D eigenvalue weighted by molar-refractivity contribution is 7.84. The summed E-state index contributed by atoms with van der Waals surface area (Å²) in [5.74, 6) is -0.0189. The third-order valence-electron chi connectivity index (χ3n) is 2.62. The Hall–Kier alpha value is -1.96. The van der Waals surface area contributed by atoms with Crippen molar-refractivity contribution in [3.8, 4) is 0 Å². The topological polar surface area (TPSA) is 101 Å². The number of nitrogens with one attached hydrogen (secondary N) is 2. The number of nitro benzene ring substituents is 1. The summed E-state index contributed by atoms with van der Waals surface area (Å²) in [5.41, 5.74) is 0.399. The molecule has 2 N–H and O–H groups in total. The van der Waals surface area contributed by atoms with Crippen molar-refractivity contribution >= 4 is 28.1 Å². The Labute approximate surface area is 119 Å². The molecule has 0 radical (unpaired) electrons. The van der Waals surface area contributed by atoms with Crippen molar-refractivity contribution in [3.63, 3.8) is 0 Å². The lowest BCUT2D eigenvalue weighted by Crippen LogP contribution is -2.26. The molecule has 0 fully saturated rings. The average molecular weight is 299 g/mol. The summed E-state index contributed by atoms with van der Waals surface area (Å²) >= 11 is 0. The molecule has 7 nitrogen and oxygen atoms in total. The van der Waals surface area contributed by atoms with Gasteiger partial charge in [0.1, 0.15) is 5.56 Å². The van der Waals surface area contributed by atoms with Gasteiger partial charge in [-0.05, 0) is 18.6 Å². The minimum Gasteiger partial charge on any atom is -0.388 e. The molecule has 1 amide bonds. The molecular weight excluding hydrogens is 282 g/mol. The minimum atomic E-state index is -0.911. The fraction of sp³-hybridized carbons (Fsp3) is 0.417. The van der Waals surface area contributed by atoms with Crippen LogP contribution in [0.1, 0.15) is 16.8 Å². The molecule has 0 bridgehead atoms. The van der Waals surface area contributed by atoms with Crippen LogP contribution in [0.4, 0.5) is 11.4 Å². The second-order valence-electron chi connectivity index (χ2n) is 4.13. The Morgan fingerprint density at radius 1 is 1.45 bits per heavy atom. The van der Waals surface area contributed by atoms with Crippen molar-refractivity contribution in [1.29, 1.82) is 0 Å². The fourth-order valence-corrected chi connectivity index (χ4v) is 2.16. The zero-order chi connectivity index (χ0) is 15.1. The smallest absolute Gasteiger partial charge is 0.282 e. The molecule has 0 saturated heterocycles. The SMILES string of the molecule is CNc1ccc([N+](=O)[O-])c(C(=O)NCCCS(C)=O)c1. The fourth-order valence-electron chi connectivity index (χ4n) is 1.61. The van der Waals surface area contributed by atoms with Gasteiger partial charge >= 0.3 is 0 Å². The first-order chi connectivity index (χ1) is 9.45. The monoisotopic (exact) mass is 299 g/mol. The summed E-state index contributed by atoms with van der Waals surface area (Å²) in [4.78, 5) is 22.3. The van der Waals surface area contributed by atoms with E-state index in [1.807, 2.05) is 0 Å². The quantitative estimate of drug-likeness (QED) is 0.446. The first-order valence-corrected chi connectivity index (χ1v) is 7.73. The Balaban J connectivity index is 2.79. The Bertz CT molecular complexity index is 533. The van der Waals surface area contributed by atoms with Crippen LogP contribution >= 0.6 is 0 Å². The lowest BCUT2D eigenvalue weighted by atomic mass is 10.1. The van der Waals surface area contributed by atoms with E-state index in [-0.39, 0.29) is 11.3 Å². The lowest BCUT2D eigenvalue weighted by Gasteiger charge is -2.07. The summed E-state index contributed by atoms with van der Waals surface area (Å²) in [7, 11) is 0.755. The average Bonchev–Trinajstić information content (AvgIpc) is 2.42. The summed E-state index contributed by atoms with van der Waals surface area (Å²) < 4.78 is 10.9. The molecule has 1 unspecified atom stereocenters. The summed E-state index contributed by atoms with van der Waals surface area (Å²) in [6, 6.07) is 4.27. The van der Waals surface area contributed by atoms with Crippen LogP contribution in [-0.4, -0.2) is 40.6 Å². The van der Waals surface area contributed by atoms with Crippen molar-refractivity contribution in [2.45, 2.75) is 6.42 Å². The van der Waals surface area contributed by atoms with Crippen LogP contribution in [-0.2, 0) is 10.8 Å². The minimum absolute atomic E-state index is 0.0134. The van der Waals surface area contributed by atoms with E-state index >= 15 is 0 Å². The molecule has 0 aromatic heterocycles. The summed E-state index contributed by atoms with van der Waals surface area (Å²) in [6.07, 6.45) is 2.15. The van der Waals surface area contributed by atoms with E-state index in [1.54, 1.807) is 13.3 Å². The predicted octanol–water partition coefficient (Wildman–Crippen LogP) is 1.13. The van der Waals surface area contributed by atoms with Gasteiger partial charge in [0.25, 0.3) is 11.6 Å². The number of anilines is 1. The largest absolute Gasteiger partial charge is 0.388 e. The molecule has 110 valence electrons.